The number of esters is 1. The van der Waals surface area contributed by atoms with Crippen LogP contribution in [0.15, 0.2) is 18.6 Å². The highest BCUT2D eigenvalue weighted by Gasteiger charge is 2.16. The van der Waals surface area contributed by atoms with Gasteiger partial charge in [-0.2, -0.15) is 5.10 Å². The van der Waals surface area contributed by atoms with Crippen molar-refractivity contribution in [1.82, 2.24) is 19.7 Å². The van der Waals surface area contributed by atoms with Crippen molar-refractivity contribution >= 4 is 34.2 Å². The molecule has 8 heteroatoms. The molecule has 0 saturated carbocycles. The average Bonchev–Trinajstić information content (AvgIpc) is 3.19. The molecule has 1 unspecified atom stereocenters. The van der Waals surface area contributed by atoms with Gasteiger partial charge >= 0.3 is 5.97 Å². The van der Waals surface area contributed by atoms with Gasteiger partial charge in [-0.3, -0.25) is 4.79 Å². The van der Waals surface area contributed by atoms with Gasteiger partial charge in [0, 0.05) is 9.75 Å². The molecule has 3 heterocycles. The summed E-state index contributed by atoms with van der Waals surface area (Å²) in [7, 11) is 1.35. The number of carbonyl (C=O) groups is 1. The third kappa shape index (κ3) is 3.48. The fourth-order valence-electron chi connectivity index (χ4n) is 2.70. The Bertz CT molecular complexity index is 902. The van der Waals surface area contributed by atoms with Crippen molar-refractivity contribution in [2.24, 2.45) is 0 Å². The van der Waals surface area contributed by atoms with Crippen molar-refractivity contribution in [3.63, 3.8) is 0 Å². The van der Waals surface area contributed by atoms with Crippen LogP contribution in [0, 0.1) is 6.92 Å². The Hall–Kier alpha value is -2.48. The number of ether oxygens (including phenoxy) is 1. The fraction of sp³-hybridized carbons (Fsp3) is 0.412. The van der Waals surface area contributed by atoms with E-state index in [-0.39, 0.29) is 18.6 Å². The normalized spacial score (nSPS) is 12.3. The molecule has 3 aromatic heterocycles. The summed E-state index contributed by atoms with van der Waals surface area (Å²) in [5.41, 5.74) is 1.93. The number of nitrogens with zero attached hydrogens (tertiary/aromatic N) is 4. The number of fused-ring (bicyclic) bond motifs is 1. The van der Waals surface area contributed by atoms with E-state index >= 15 is 0 Å². The molecule has 0 bridgehead atoms. The molecule has 0 aliphatic rings. The van der Waals surface area contributed by atoms with Gasteiger partial charge in [0.15, 0.2) is 5.65 Å². The van der Waals surface area contributed by atoms with Crippen LogP contribution >= 0.6 is 11.3 Å². The summed E-state index contributed by atoms with van der Waals surface area (Å²) in [6.07, 6.45) is 4.19. The van der Waals surface area contributed by atoms with E-state index < -0.39 is 0 Å². The summed E-state index contributed by atoms with van der Waals surface area (Å²) >= 11 is 1.82. The van der Waals surface area contributed by atoms with Gasteiger partial charge in [-0.05, 0) is 31.9 Å². The Kier molecular flexibility index (Phi) is 4.98. The number of anilines is 1. The number of hydrogen-bond donors (Lipinski definition) is 1. The van der Waals surface area contributed by atoms with E-state index in [2.05, 4.69) is 47.2 Å². The zero-order valence-electron chi connectivity index (χ0n) is 14.7. The summed E-state index contributed by atoms with van der Waals surface area (Å²) in [6, 6.07) is 2.34. The first-order chi connectivity index (χ1) is 12.0. The molecule has 3 aromatic rings. The molecule has 0 radical (unpaired) electrons. The molecule has 132 valence electrons. The maximum Gasteiger partial charge on any atom is 0.327 e. The molecule has 7 nitrogen and oxygen atoms in total. The second-order valence-corrected chi connectivity index (χ2v) is 6.98. The molecule has 0 fully saturated rings. The quantitative estimate of drug-likeness (QED) is 0.681. The smallest absolute Gasteiger partial charge is 0.327 e. The Labute approximate surface area is 150 Å². The zero-order valence-corrected chi connectivity index (χ0v) is 15.6. The number of carbonyl (C=O) groups excluding carboxylic acids is 1. The minimum atomic E-state index is -0.368. The lowest BCUT2D eigenvalue weighted by molar-refractivity contribution is -0.141. The van der Waals surface area contributed by atoms with Gasteiger partial charge in [-0.25, -0.2) is 14.6 Å². The first kappa shape index (κ1) is 17.3. The van der Waals surface area contributed by atoms with Gasteiger partial charge in [0.05, 0.1) is 24.7 Å². The average molecular weight is 359 g/mol. The van der Waals surface area contributed by atoms with E-state index in [1.807, 2.05) is 11.3 Å². The van der Waals surface area contributed by atoms with Crippen LogP contribution in [0.4, 0.5) is 5.82 Å². The van der Waals surface area contributed by atoms with Crippen molar-refractivity contribution in [3.05, 3.63) is 33.9 Å². The summed E-state index contributed by atoms with van der Waals surface area (Å²) < 4.78 is 6.21. The second-order valence-electron chi connectivity index (χ2n) is 5.81. The molecule has 0 aliphatic carbocycles. The fourth-order valence-corrected chi connectivity index (χ4v) is 3.82. The highest BCUT2D eigenvalue weighted by molar-refractivity contribution is 7.12. The number of aryl methyl sites for hydroxylation is 2. The highest BCUT2D eigenvalue weighted by Crippen LogP contribution is 2.30. The standard InChI is InChI=1S/C17H21N5O2S/c1-5-13-10(2)6-14(25-13)11(3)21-16-12-7-20-22(8-15(23)24-4)17(12)19-9-18-16/h6-7,9,11H,5,8H2,1-4H3,(H,18,19,21). The van der Waals surface area contributed by atoms with Crippen molar-refractivity contribution in [1.29, 1.82) is 0 Å². The highest BCUT2D eigenvalue weighted by atomic mass is 32.1. The monoisotopic (exact) mass is 359 g/mol. The van der Waals surface area contributed by atoms with Crippen LogP contribution in [0.5, 0.6) is 0 Å². The minimum Gasteiger partial charge on any atom is -0.468 e. The molecule has 0 saturated heterocycles. The van der Waals surface area contributed by atoms with Crippen molar-refractivity contribution in [3.8, 4) is 0 Å². The predicted octanol–water partition coefficient (Wildman–Crippen LogP) is 3.10. The summed E-state index contributed by atoms with van der Waals surface area (Å²) in [4.78, 5) is 22.8. The molecule has 0 aromatic carbocycles. The molecule has 1 N–H and O–H groups in total. The van der Waals surface area contributed by atoms with E-state index in [1.165, 1.54) is 33.4 Å². The number of hydrogen-bond acceptors (Lipinski definition) is 7. The lowest BCUT2D eigenvalue weighted by Gasteiger charge is -2.13. The maximum absolute atomic E-state index is 11.5. The Balaban J connectivity index is 1.87. The van der Waals surface area contributed by atoms with Crippen LogP contribution in [0.25, 0.3) is 11.0 Å². The van der Waals surface area contributed by atoms with E-state index in [9.17, 15) is 4.79 Å². The second kappa shape index (κ2) is 7.18. The predicted molar refractivity (Wildman–Crippen MR) is 97.8 cm³/mol. The number of nitrogens with one attached hydrogen (secondary N) is 1. The van der Waals surface area contributed by atoms with Crippen molar-refractivity contribution in [2.75, 3.05) is 12.4 Å². The topological polar surface area (TPSA) is 81.9 Å². The molecule has 25 heavy (non-hydrogen) atoms. The lowest BCUT2D eigenvalue weighted by atomic mass is 10.2. The van der Waals surface area contributed by atoms with Gasteiger partial charge < -0.3 is 10.1 Å². The van der Waals surface area contributed by atoms with Crippen LogP contribution in [0.3, 0.4) is 0 Å². The van der Waals surface area contributed by atoms with Crippen LogP contribution < -0.4 is 5.32 Å². The van der Waals surface area contributed by atoms with Crippen LogP contribution in [-0.2, 0) is 22.5 Å². The van der Waals surface area contributed by atoms with Gasteiger partial charge in [-0.15, -0.1) is 11.3 Å². The first-order valence-electron chi connectivity index (χ1n) is 8.12. The maximum atomic E-state index is 11.5. The zero-order chi connectivity index (χ0) is 18.0. The van der Waals surface area contributed by atoms with E-state index in [0.717, 1.165) is 11.8 Å². The van der Waals surface area contributed by atoms with Crippen molar-refractivity contribution in [2.45, 2.75) is 39.8 Å². The molecule has 1 atom stereocenters. The van der Waals surface area contributed by atoms with Gasteiger partial charge in [0.25, 0.3) is 0 Å². The number of thiophene rings is 1. The third-order valence-corrected chi connectivity index (χ3v) is 5.65. The SMILES string of the molecule is CCc1sc(C(C)Nc2ncnc3c2cnn3CC(=O)OC)cc1C. The van der Waals surface area contributed by atoms with Gasteiger partial charge in [0.1, 0.15) is 18.7 Å². The van der Waals surface area contributed by atoms with Crippen LogP contribution in [-0.4, -0.2) is 32.8 Å². The number of methoxy groups -OCH3 is 1. The van der Waals surface area contributed by atoms with E-state index in [0.29, 0.717) is 11.5 Å². The lowest BCUT2D eigenvalue weighted by Crippen LogP contribution is -2.13. The third-order valence-electron chi connectivity index (χ3n) is 4.08. The van der Waals surface area contributed by atoms with E-state index in [1.54, 1.807) is 6.20 Å². The Morgan fingerprint density at radius 3 is 2.92 bits per heavy atom. The number of aromatic nitrogens is 4. The van der Waals surface area contributed by atoms with Crippen molar-refractivity contribution < 1.29 is 9.53 Å². The molecular weight excluding hydrogens is 338 g/mol. The van der Waals surface area contributed by atoms with Crippen LogP contribution in [0.1, 0.15) is 35.2 Å². The molecule has 3 rings (SSSR count). The molecule has 0 spiro atoms. The summed E-state index contributed by atoms with van der Waals surface area (Å²) in [5.74, 6) is 0.338. The summed E-state index contributed by atoms with van der Waals surface area (Å²) in [6.45, 7) is 6.45. The van der Waals surface area contributed by atoms with E-state index in [4.69, 9.17) is 4.74 Å². The Morgan fingerprint density at radius 2 is 2.24 bits per heavy atom. The van der Waals surface area contributed by atoms with Gasteiger partial charge in [0.2, 0.25) is 0 Å². The summed E-state index contributed by atoms with van der Waals surface area (Å²) in [5, 5.41) is 8.45. The minimum absolute atomic E-state index is 0.0238. The largest absolute Gasteiger partial charge is 0.468 e. The van der Waals surface area contributed by atoms with Gasteiger partial charge in [-0.1, -0.05) is 6.92 Å². The Morgan fingerprint density at radius 1 is 1.44 bits per heavy atom. The molecule has 0 amide bonds. The number of rotatable bonds is 6. The molecular formula is C17H21N5O2S. The van der Waals surface area contributed by atoms with Crippen LogP contribution in [0.2, 0.25) is 0 Å². The first-order valence-corrected chi connectivity index (χ1v) is 8.94. The molecule has 0 aliphatic heterocycles.